The molecule has 3 aromatic rings. The van der Waals surface area contributed by atoms with Crippen molar-refractivity contribution in [2.45, 2.75) is 32.9 Å². The Labute approximate surface area is 143 Å². The first-order valence-corrected chi connectivity index (χ1v) is 8.23. The van der Waals surface area contributed by atoms with Crippen molar-refractivity contribution in [2.24, 2.45) is 0 Å². The number of halogens is 2. The van der Waals surface area contributed by atoms with E-state index >= 15 is 0 Å². The molecule has 130 valence electrons. The van der Waals surface area contributed by atoms with Crippen molar-refractivity contribution in [1.82, 2.24) is 15.2 Å². The number of nitrogens with zero attached hydrogens (tertiary/aromatic N) is 3. The van der Waals surface area contributed by atoms with Gasteiger partial charge in [0.2, 0.25) is 0 Å². The molecule has 25 heavy (non-hydrogen) atoms. The molecule has 0 bridgehead atoms. The van der Waals surface area contributed by atoms with Gasteiger partial charge in [-0.3, -0.25) is 5.10 Å². The minimum Gasteiger partial charge on any atom is -0.434 e. The Morgan fingerprint density at radius 3 is 3.08 bits per heavy atom. The van der Waals surface area contributed by atoms with Crippen LogP contribution in [-0.4, -0.2) is 28.3 Å². The van der Waals surface area contributed by atoms with Gasteiger partial charge in [-0.1, -0.05) is 6.07 Å². The molecule has 1 aromatic carbocycles. The first-order chi connectivity index (χ1) is 12.1. The zero-order valence-corrected chi connectivity index (χ0v) is 13.8. The molecule has 2 aromatic heterocycles. The lowest BCUT2D eigenvalue weighted by Gasteiger charge is -2.32. The van der Waals surface area contributed by atoms with E-state index in [1.165, 1.54) is 0 Å². The molecule has 4 rings (SSSR count). The van der Waals surface area contributed by atoms with Crippen LogP contribution in [0.15, 0.2) is 30.5 Å². The maximum Gasteiger partial charge on any atom is 0.387 e. The fraction of sp³-hybridized carbons (Fsp3) is 0.333. The second-order valence-electron chi connectivity index (χ2n) is 6.22. The van der Waals surface area contributed by atoms with Crippen LogP contribution in [0.25, 0.3) is 11.0 Å². The molecule has 1 aliphatic rings. The molecule has 0 saturated carbocycles. The molecule has 0 amide bonds. The van der Waals surface area contributed by atoms with Crippen molar-refractivity contribution in [3.05, 3.63) is 47.3 Å². The molecule has 0 radical (unpaired) electrons. The van der Waals surface area contributed by atoms with E-state index in [9.17, 15) is 8.78 Å². The van der Waals surface area contributed by atoms with Crippen molar-refractivity contribution < 1.29 is 13.5 Å². The Morgan fingerprint density at radius 1 is 1.36 bits per heavy atom. The van der Waals surface area contributed by atoms with Crippen LogP contribution in [0, 0.1) is 6.92 Å². The van der Waals surface area contributed by atoms with Crippen LogP contribution in [0.2, 0.25) is 0 Å². The highest BCUT2D eigenvalue weighted by molar-refractivity contribution is 5.78. The highest BCUT2D eigenvalue weighted by atomic mass is 19.3. The Bertz CT molecular complexity index is 909. The summed E-state index contributed by atoms with van der Waals surface area (Å²) in [5.41, 5.74) is 4.55. The van der Waals surface area contributed by atoms with E-state index in [4.69, 9.17) is 0 Å². The van der Waals surface area contributed by atoms with Crippen molar-refractivity contribution in [1.29, 1.82) is 0 Å². The molecular formula is C18H18F2N4O. The number of aromatic nitrogens is 3. The summed E-state index contributed by atoms with van der Waals surface area (Å²) in [7, 11) is 0. The van der Waals surface area contributed by atoms with Crippen LogP contribution in [0.5, 0.6) is 5.75 Å². The Morgan fingerprint density at radius 2 is 2.24 bits per heavy atom. The van der Waals surface area contributed by atoms with Gasteiger partial charge in [0.1, 0.15) is 5.75 Å². The monoisotopic (exact) mass is 344 g/mol. The van der Waals surface area contributed by atoms with E-state index in [0.29, 0.717) is 12.2 Å². The summed E-state index contributed by atoms with van der Waals surface area (Å²) in [6.45, 7) is 0.689. The molecule has 7 heteroatoms. The zero-order chi connectivity index (χ0) is 17.4. The Balaban J connectivity index is 1.65. The lowest BCUT2D eigenvalue weighted by Crippen LogP contribution is -2.29. The van der Waals surface area contributed by atoms with Gasteiger partial charge in [0.15, 0.2) is 5.65 Å². The minimum absolute atomic E-state index is 0.274. The molecular weight excluding hydrogens is 326 g/mol. The van der Waals surface area contributed by atoms with Gasteiger partial charge in [-0.25, -0.2) is 4.98 Å². The summed E-state index contributed by atoms with van der Waals surface area (Å²) in [6.07, 6.45) is 3.46. The number of nitrogens with one attached hydrogen (secondary N) is 1. The summed E-state index contributed by atoms with van der Waals surface area (Å²) >= 11 is 0. The average Bonchev–Trinajstić information content (AvgIpc) is 2.96. The summed E-state index contributed by atoms with van der Waals surface area (Å²) in [5.74, 6) is 0.274. The first-order valence-electron chi connectivity index (χ1n) is 8.23. The predicted molar refractivity (Wildman–Crippen MR) is 91.1 cm³/mol. The van der Waals surface area contributed by atoms with E-state index in [1.54, 1.807) is 12.1 Å². The molecule has 3 heterocycles. The number of benzene rings is 1. The quantitative estimate of drug-likeness (QED) is 0.782. The topological polar surface area (TPSA) is 54.0 Å². The van der Waals surface area contributed by atoms with Crippen LogP contribution < -0.4 is 9.64 Å². The molecule has 0 unspecified atom stereocenters. The third-order valence-corrected chi connectivity index (χ3v) is 4.55. The third-order valence-electron chi connectivity index (χ3n) is 4.55. The number of hydrogen-bond acceptors (Lipinski definition) is 4. The summed E-state index contributed by atoms with van der Waals surface area (Å²) in [5, 5.41) is 8.08. The van der Waals surface area contributed by atoms with Gasteiger partial charge in [0, 0.05) is 41.6 Å². The number of rotatable bonds is 4. The van der Waals surface area contributed by atoms with E-state index in [1.807, 2.05) is 19.2 Å². The smallest absolute Gasteiger partial charge is 0.387 e. The number of aromatic amines is 1. The molecule has 5 nitrogen and oxygen atoms in total. The van der Waals surface area contributed by atoms with E-state index in [2.05, 4.69) is 30.9 Å². The van der Waals surface area contributed by atoms with Gasteiger partial charge < -0.3 is 9.64 Å². The highest BCUT2D eigenvalue weighted by Gasteiger charge is 2.22. The third kappa shape index (κ3) is 3.01. The number of alkyl halides is 2. The van der Waals surface area contributed by atoms with Gasteiger partial charge in [-0.05, 0) is 43.5 Å². The minimum atomic E-state index is -2.81. The van der Waals surface area contributed by atoms with Crippen LogP contribution >= 0.6 is 0 Å². The fourth-order valence-corrected chi connectivity index (χ4v) is 3.41. The zero-order valence-electron chi connectivity index (χ0n) is 13.8. The van der Waals surface area contributed by atoms with Crippen molar-refractivity contribution >= 4 is 16.7 Å². The number of ether oxygens (including phenoxy) is 1. The lowest BCUT2D eigenvalue weighted by atomic mass is 10.00. The summed E-state index contributed by atoms with van der Waals surface area (Å²) in [4.78, 5) is 6.58. The number of pyridine rings is 1. The fourth-order valence-electron chi connectivity index (χ4n) is 3.41. The van der Waals surface area contributed by atoms with Gasteiger partial charge in [0.05, 0.1) is 0 Å². The standard InChI is InChI=1S/C18H18F2N4O/c1-11-14-8-12(9-21-17(14)23-22-11)10-24-7-3-4-13-15(24)5-2-6-16(13)25-18(19)20/h2,5-6,8-9,18H,3-4,7,10H2,1H3,(H,21,22,23). The number of aryl methyl sites for hydroxylation is 1. The predicted octanol–water partition coefficient (Wildman–Crippen LogP) is 3.82. The second-order valence-corrected chi connectivity index (χ2v) is 6.22. The van der Waals surface area contributed by atoms with Crippen molar-refractivity contribution in [3.63, 3.8) is 0 Å². The molecule has 1 aliphatic heterocycles. The highest BCUT2D eigenvalue weighted by Crippen LogP contribution is 2.35. The molecule has 0 saturated heterocycles. The number of H-pyrrole nitrogens is 1. The lowest BCUT2D eigenvalue weighted by molar-refractivity contribution is -0.0504. The van der Waals surface area contributed by atoms with Crippen LogP contribution in [0.4, 0.5) is 14.5 Å². The maximum absolute atomic E-state index is 12.6. The maximum atomic E-state index is 12.6. The summed E-state index contributed by atoms with van der Waals surface area (Å²) in [6, 6.07) is 7.41. The van der Waals surface area contributed by atoms with E-state index in [0.717, 1.165) is 47.3 Å². The van der Waals surface area contributed by atoms with E-state index in [-0.39, 0.29) is 5.75 Å². The van der Waals surface area contributed by atoms with Gasteiger partial charge in [0.25, 0.3) is 0 Å². The van der Waals surface area contributed by atoms with Crippen molar-refractivity contribution in [2.75, 3.05) is 11.4 Å². The van der Waals surface area contributed by atoms with E-state index < -0.39 is 6.61 Å². The number of hydrogen-bond donors (Lipinski definition) is 1. The number of anilines is 1. The molecule has 0 atom stereocenters. The van der Waals surface area contributed by atoms with Crippen LogP contribution in [-0.2, 0) is 13.0 Å². The van der Waals surface area contributed by atoms with Gasteiger partial charge >= 0.3 is 6.61 Å². The molecule has 0 fully saturated rings. The first kappa shape index (κ1) is 15.8. The van der Waals surface area contributed by atoms with Crippen molar-refractivity contribution in [3.8, 4) is 5.75 Å². The SMILES string of the molecule is Cc1[nH]nc2ncc(CN3CCCc4c(OC(F)F)cccc43)cc12. The largest absolute Gasteiger partial charge is 0.434 e. The number of fused-ring (bicyclic) bond motifs is 2. The molecule has 1 N–H and O–H groups in total. The van der Waals surface area contributed by atoms with Crippen LogP contribution in [0.1, 0.15) is 23.2 Å². The average molecular weight is 344 g/mol. The van der Waals surface area contributed by atoms with Gasteiger partial charge in [-0.15, -0.1) is 0 Å². The van der Waals surface area contributed by atoms with Gasteiger partial charge in [-0.2, -0.15) is 13.9 Å². The Kier molecular flexibility index (Phi) is 3.99. The normalized spacial score (nSPS) is 14.2. The summed E-state index contributed by atoms with van der Waals surface area (Å²) < 4.78 is 30.0. The second kappa shape index (κ2) is 6.31. The molecule has 0 aliphatic carbocycles. The Hall–Kier alpha value is -2.70. The molecule has 0 spiro atoms. The van der Waals surface area contributed by atoms with Crippen LogP contribution in [0.3, 0.4) is 0 Å².